The number of anilines is 1. The SMILES string of the molecule is CCOc1cc(/C=C2\C(=O)NC(=O)N(c3ccc(F)cc3)C2=O)cc(I)c1OCc1cccc(C)c1. The number of nitrogens with one attached hydrogen (secondary N) is 1. The Morgan fingerprint density at radius 2 is 1.78 bits per heavy atom. The average molecular weight is 600 g/mol. The number of carbonyl (C=O) groups is 3. The molecular formula is C27H22FIN2O5. The second-order valence-corrected chi connectivity index (χ2v) is 9.14. The number of nitrogens with zero attached hydrogens (tertiary/aromatic N) is 1. The fraction of sp³-hybridized carbons (Fsp3) is 0.148. The van der Waals surface area contributed by atoms with Gasteiger partial charge in [0.05, 0.1) is 15.9 Å². The van der Waals surface area contributed by atoms with Crippen LogP contribution in [0, 0.1) is 16.3 Å². The van der Waals surface area contributed by atoms with Gasteiger partial charge in [0, 0.05) is 0 Å². The molecule has 4 amide bonds. The number of amides is 4. The van der Waals surface area contributed by atoms with E-state index >= 15 is 0 Å². The molecule has 36 heavy (non-hydrogen) atoms. The van der Waals surface area contributed by atoms with Gasteiger partial charge in [-0.05, 0) is 90.0 Å². The molecule has 1 heterocycles. The lowest BCUT2D eigenvalue weighted by Crippen LogP contribution is -2.54. The first-order valence-electron chi connectivity index (χ1n) is 11.1. The number of halogens is 2. The molecule has 0 aliphatic carbocycles. The molecule has 9 heteroatoms. The molecule has 1 aliphatic rings. The zero-order valence-corrected chi connectivity index (χ0v) is 21.7. The van der Waals surface area contributed by atoms with Gasteiger partial charge in [0.15, 0.2) is 11.5 Å². The lowest BCUT2D eigenvalue weighted by atomic mass is 10.1. The summed E-state index contributed by atoms with van der Waals surface area (Å²) in [4.78, 5) is 38.8. The number of urea groups is 1. The van der Waals surface area contributed by atoms with E-state index in [0.717, 1.165) is 28.2 Å². The third-order valence-corrected chi connectivity index (χ3v) is 6.10. The van der Waals surface area contributed by atoms with Crippen molar-refractivity contribution in [3.63, 3.8) is 0 Å². The average Bonchev–Trinajstić information content (AvgIpc) is 2.82. The van der Waals surface area contributed by atoms with Gasteiger partial charge < -0.3 is 9.47 Å². The van der Waals surface area contributed by atoms with Gasteiger partial charge >= 0.3 is 6.03 Å². The first-order chi connectivity index (χ1) is 17.3. The summed E-state index contributed by atoms with van der Waals surface area (Å²) in [6.45, 7) is 4.57. The van der Waals surface area contributed by atoms with Crippen molar-refractivity contribution in [1.82, 2.24) is 5.32 Å². The summed E-state index contributed by atoms with van der Waals surface area (Å²) in [7, 11) is 0. The van der Waals surface area contributed by atoms with Crippen LogP contribution in [-0.4, -0.2) is 24.5 Å². The number of imide groups is 2. The summed E-state index contributed by atoms with van der Waals surface area (Å²) in [5, 5.41) is 2.16. The largest absolute Gasteiger partial charge is 0.490 e. The van der Waals surface area contributed by atoms with E-state index in [0.29, 0.717) is 33.8 Å². The maximum absolute atomic E-state index is 13.3. The molecule has 0 aromatic heterocycles. The highest BCUT2D eigenvalue weighted by Crippen LogP contribution is 2.36. The normalized spacial score (nSPS) is 14.7. The van der Waals surface area contributed by atoms with Crippen LogP contribution in [0.1, 0.15) is 23.6 Å². The molecule has 0 spiro atoms. The minimum atomic E-state index is -0.904. The van der Waals surface area contributed by atoms with Gasteiger partial charge in [-0.1, -0.05) is 29.8 Å². The summed E-state index contributed by atoms with van der Waals surface area (Å²) in [6.07, 6.45) is 1.38. The Balaban J connectivity index is 1.65. The zero-order valence-electron chi connectivity index (χ0n) is 19.5. The fourth-order valence-corrected chi connectivity index (χ4v) is 4.46. The van der Waals surface area contributed by atoms with Crippen molar-refractivity contribution in [2.75, 3.05) is 11.5 Å². The van der Waals surface area contributed by atoms with Gasteiger partial charge in [0.1, 0.15) is 18.0 Å². The molecule has 1 saturated heterocycles. The standard InChI is InChI=1S/C27H22FIN2O5/c1-3-35-23-14-18(13-22(29)24(23)36-15-17-6-4-5-16(2)11-17)12-21-25(32)30-27(34)31(26(21)33)20-9-7-19(28)8-10-20/h4-14H,3,15H2,1-2H3,(H,30,32,34)/b21-12+. The van der Waals surface area contributed by atoms with Crippen LogP contribution in [0.4, 0.5) is 14.9 Å². The first-order valence-corrected chi connectivity index (χ1v) is 12.2. The van der Waals surface area contributed by atoms with Crippen LogP contribution >= 0.6 is 22.6 Å². The Kier molecular flexibility index (Phi) is 7.68. The van der Waals surface area contributed by atoms with Crippen LogP contribution < -0.4 is 19.7 Å². The van der Waals surface area contributed by atoms with Gasteiger partial charge in [0.25, 0.3) is 11.8 Å². The highest BCUT2D eigenvalue weighted by Gasteiger charge is 2.36. The molecule has 7 nitrogen and oxygen atoms in total. The summed E-state index contributed by atoms with van der Waals surface area (Å²) < 4.78 is 25.9. The topological polar surface area (TPSA) is 84.9 Å². The van der Waals surface area contributed by atoms with Crippen LogP contribution in [0.5, 0.6) is 11.5 Å². The van der Waals surface area contributed by atoms with E-state index in [-0.39, 0.29) is 11.3 Å². The van der Waals surface area contributed by atoms with Crippen LogP contribution in [-0.2, 0) is 16.2 Å². The number of aryl methyl sites for hydroxylation is 1. The molecule has 3 aromatic rings. The predicted molar refractivity (Wildman–Crippen MR) is 141 cm³/mol. The monoisotopic (exact) mass is 600 g/mol. The van der Waals surface area contributed by atoms with Crippen molar-refractivity contribution >= 4 is 52.2 Å². The summed E-state index contributed by atoms with van der Waals surface area (Å²) in [5.41, 5.74) is 2.54. The molecule has 3 aromatic carbocycles. The maximum atomic E-state index is 13.3. The molecule has 1 fully saturated rings. The van der Waals surface area contributed by atoms with Crippen molar-refractivity contribution in [2.45, 2.75) is 20.5 Å². The predicted octanol–water partition coefficient (Wildman–Crippen LogP) is 5.38. The number of hydrogen-bond donors (Lipinski definition) is 1. The lowest BCUT2D eigenvalue weighted by molar-refractivity contribution is -0.122. The van der Waals surface area contributed by atoms with E-state index in [2.05, 4.69) is 27.9 Å². The van der Waals surface area contributed by atoms with Gasteiger partial charge in [-0.15, -0.1) is 0 Å². The van der Waals surface area contributed by atoms with Crippen molar-refractivity contribution in [1.29, 1.82) is 0 Å². The lowest BCUT2D eigenvalue weighted by Gasteiger charge is -2.26. The van der Waals surface area contributed by atoms with Gasteiger partial charge in [-0.3, -0.25) is 14.9 Å². The van der Waals surface area contributed by atoms with E-state index in [1.165, 1.54) is 18.2 Å². The Bertz CT molecular complexity index is 1370. The molecule has 0 bridgehead atoms. The number of rotatable bonds is 7. The number of carbonyl (C=O) groups excluding carboxylic acids is 3. The minimum Gasteiger partial charge on any atom is -0.490 e. The molecule has 4 rings (SSSR count). The Hall–Kier alpha value is -3.73. The fourth-order valence-electron chi connectivity index (χ4n) is 3.68. The van der Waals surface area contributed by atoms with E-state index in [1.54, 1.807) is 12.1 Å². The van der Waals surface area contributed by atoms with Crippen LogP contribution in [0.15, 0.2) is 66.2 Å². The Labute approximate surface area is 221 Å². The van der Waals surface area contributed by atoms with Crippen molar-refractivity contribution in [2.24, 2.45) is 0 Å². The molecule has 184 valence electrons. The number of ether oxygens (including phenoxy) is 2. The molecular weight excluding hydrogens is 578 g/mol. The van der Waals surface area contributed by atoms with Crippen molar-refractivity contribution in [3.8, 4) is 11.5 Å². The van der Waals surface area contributed by atoms with Gasteiger partial charge in [-0.25, -0.2) is 14.1 Å². The van der Waals surface area contributed by atoms with Crippen LogP contribution in [0.3, 0.4) is 0 Å². The third kappa shape index (κ3) is 5.56. The molecule has 1 N–H and O–H groups in total. The third-order valence-electron chi connectivity index (χ3n) is 5.29. The summed E-state index contributed by atoms with van der Waals surface area (Å²) in [5.74, 6) is -1.15. The quantitative estimate of drug-likeness (QED) is 0.224. The van der Waals surface area contributed by atoms with E-state index in [9.17, 15) is 18.8 Å². The second-order valence-electron chi connectivity index (χ2n) is 7.97. The van der Waals surface area contributed by atoms with Gasteiger partial charge in [-0.2, -0.15) is 0 Å². The zero-order chi connectivity index (χ0) is 25.8. The van der Waals surface area contributed by atoms with E-state index in [1.807, 2.05) is 38.1 Å². The molecule has 0 saturated carbocycles. The number of hydrogen-bond acceptors (Lipinski definition) is 5. The van der Waals surface area contributed by atoms with E-state index in [4.69, 9.17) is 9.47 Å². The number of barbiturate groups is 1. The van der Waals surface area contributed by atoms with Crippen molar-refractivity contribution in [3.05, 3.63) is 92.3 Å². The molecule has 1 aliphatic heterocycles. The summed E-state index contributed by atoms with van der Waals surface area (Å²) >= 11 is 2.11. The smallest absolute Gasteiger partial charge is 0.335 e. The van der Waals surface area contributed by atoms with Crippen LogP contribution in [0.25, 0.3) is 6.08 Å². The first kappa shape index (κ1) is 25.4. The number of benzene rings is 3. The van der Waals surface area contributed by atoms with Gasteiger partial charge in [0.2, 0.25) is 0 Å². The van der Waals surface area contributed by atoms with Crippen LogP contribution in [0.2, 0.25) is 0 Å². The molecule has 0 atom stereocenters. The maximum Gasteiger partial charge on any atom is 0.335 e. The minimum absolute atomic E-state index is 0.141. The molecule has 0 unspecified atom stereocenters. The summed E-state index contributed by atoms with van der Waals surface area (Å²) in [6, 6.07) is 15.3. The van der Waals surface area contributed by atoms with E-state index < -0.39 is 23.7 Å². The Morgan fingerprint density at radius 1 is 1.03 bits per heavy atom. The second kappa shape index (κ2) is 10.9. The molecule has 0 radical (unpaired) electrons. The highest BCUT2D eigenvalue weighted by molar-refractivity contribution is 14.1. The van der Waals surface area contributed by atoms with Crippen molar-refractivity contribution < 1.29 is 28.2 Å². The highest BCUT2D eigenvalue weighted by atomic mass is 127. The Morgan fingerprint density at radius 3 is 2.47 bits per heavy atom.